The molecule has 14 heavy (non-hydrogen) atoms. The van der Waals surface area contributed by atoms with Crippen molar-refractivity contribution in [2.45, 2.75) is 6.04 Å². The molecular formula is C8H12Cl2N2O2. The first-order valence-electron chi connectivity index (χ1n) is 3.45. The quantitative estimate of drug-likeness (QED) is 0.676. The first kappa shape index (κ1) is 15.5. The molecule has 0 aliphatic rings. The molecular weight excluding hydrogens is 227 g/mol. The van der Waals surface area contributed by atoms with Crippen molar-refractivity contribution in [3.05, 3.63) is 29.8 Å². The molecule has 1 atom stereocenters. The minimum atomic E-state index is -1.04. The summed E-state index contributed by atoms with van der Waals surface area (Å²) in [6, 6.07) is 5.49. The Kier molecular flexibility index (Phi) is 7.17. The van der Waals surface area contributed by atoms with Gasteiger partial charge in [-0.2, -0.15) is 0 Å². The Morgan fingerprint density at radius 2 is 1.64 bits per heavy atom. The van der Waals surface area contributed by atoms with E-state index in [0.29, 0.717) is 11.3 Å². The highest BCUT2D eigenvalue weighted by Crippen LogP contribution is 2.12. The second kappa shape index (κ2) is 6.48. The van der Waals surface area contributed by atoms with E-state index in [-0.39, 0.29) is 24.8 Å². The predicted molar refractivity (Wildman–Crippen MR) is 59.9 cm³/mol. The summed E-state index contributed by atoms with van der Waals surface area (Å²) < 4.78 is 0. The van der Waals surface area contributed by atoms with E-state index in [9.17, 15) is 4.79 Å². The van der Waals surface area contributed by atoms with Crippen molar-refractivity contribution in [3.63, 3.8) is 0 Å². The van der Waals surface area contributed by atoms with Crippen LogP contribution in [0.2, 0.25) is 0 Å². The Morgan fingerprint density at radius 3 is 2.00 bits per heavy atom. The lowest BCUT2D eigenvalue weighted by Crippen LogP contribution is -2.20. The van der Waals surface area contributed by atoms with E-state index in [4.69, 9.17) is 16.6 Å². The van der Waals surface area contributed by atoms with Crippen molar-refractivity contribution in [2.75, 3.05) is 5.73 Å². The van der Waals surface area contributed by atoms with Gasteiger partial charge in [0.05, 0.1) is 0 Å². The molecule has 0 aliphatic heterocycles. The van der Waals surface area contributed by atoms with Gasteiger partial charge < -0.3 is 16.6 Å². The molecule has 0 amide bonds. The minimum Gasteiger partial charge on any atom is -0.480 e. The molecule has 5 N–H and O–H groups in total. The van der Waals surface area contributed by atoms with Gasteiger partial charge in [0, 0.05) is 5.69 Å². The summed E-state index contributed by atoms with van der Waals surface area (Å²) in [4.78, 5) is 10.4. The monoisotopic (exact) mass is 238 g/mol. The maximum absolute atomic E-state index is 10.4. The highest BCUT2D eigenvalue weighted by Gasteiger charge is 2.12. The molecule has 1 aromatic rings. The first-order chi connectivity index (χ1) is 5.61. The summed E-state index contributed by atoms with van der Waals surface area (Å²) in [5, 5.41) is 8.55. The SMILES string of the molecule is Cl.Cl.Nc1ccc(C(N)C(=O)O)cc1. The van der Waals surface area contributed by atoms with Crippen LogP contribution in [-0.4, -0.2) is 11.1 Å². The lowest BCUT2D eigenvalue weighted by molar-refractivity contribution is -0.138. The molecule has 0 spiro atoms. The van der Waals surface area contributed by atoms with Gasteiger partial charge in [0.15, 0.2) is 0 Å². The lowest BCUT2D eigenvalue weighted by Gasteiger charge is -2.05. The van der Waals surface area contributed by atoms with Crippen molar-refractivity contribution >= 4 is 36.5 Å². The molecule has 1 unspecified atom stereocenters. The fourth-order valence-corrected chi connectivity index (χ4v) is 0.846. The van der Waals surface area contributed by atoms with Crippen LogP contribution in [0.5, 0.6) is 0 Å². The van der Waals surface area contributed by atoms with Crippen molar-refractivity contribution in [3.8, 4) is 0 Å². The fraction of sp³-hybridized carbons (Fsp3) is 0.125. The maximum Gasteiger partial charge on any atom is 0.325 e. The molecule has 0 saturated heterocycles. The molecule has 0 heterocycles. The van der Waals surface area contributed by atoms with Gasteiger partial charge in [0.25, 0.3) is 0 Å². The van der Waals surface area contributed by atoms with Gasteiger partial charge in [-0.1, -0.05) is 12.1 Å². The van der Waals surface area contributed by atoms with E-state index >= 15 is 0 Å². The third-order valence-corrected chi connectivity index (χ3v) is 1.56. The van der Waals surface area contributed by atoms with Gasteiger partial charge in [-0.25, -0.2) is 0 Å². The molecule has 0 bridgehead atoms. The number of carboxylic acids is 1. The number of halogens is 2. The van der Waals surface area contributed by atoms with Crippen LogP contribution >= 0.6 is 24.8 Å². The number of rotatable bonds is 2. The largest absolute Gasteiger partial charge is 0.480 e. The Bertz CT molecular complexity index is 290. The first-order valence-corrected chi connectivity index (χ1v) is 3.45. The van der Waals surface area contributed by atoms with E-state index in [1.165, 1.54) is 0 Å². The van der Waals surface area contributed by atoms with E-state index in [1.54, 1.807) is 24.3 Å². The van der Waals surface area contributed by atoms with Crippen molar-refractivity contribution in [1.82, 2.24) is 0 Å². The lowest BCUT2D eigenvalue weighted by atomic mass is 10.1. The fourth-order valence-electron chi connectivity index (χ4n) is 0.846. The van der Waals surface area contributed by atoms with Crippen LogP contribution in [0.25, 0.3) is 0 Å². The zero-order valence-corrected chi connectivity index (χ0v) is 8.85. The molecule has 1 rings (SSSR count). The molecule has 0 aromatic heterocycles. The van der Waals surface area contributed by atoms with Crippen LogP contribution in [0.4, 0.5) is 5.69 Å². The molecule has 80 valence electrons. The zero-order valence-electron chi connectivity index (χ0n) is 7.21. The summed E-state index contributed by atoms with van der Waals surface area (Å²) in [6.07, 6.45) is 0. The third-order valence-electron chi connectivity index (χ3n) is 1.56. The number of anilines is 1. The van der Waals surface area contributed by atoms with Crippen molar-refractivity contribution in [2.24, 2.45) is 5.73 Å². The van der Waals surface area contributed by atoms with Gasteiger partial charge in [-0.15, -0.1) is 24.8 Å². The molecule has 0 saturated carbocycles. The van der Waals surface area contributed by atoms with Crippen LogP contribution < -0.4 is 11.5 Å². The van der Waals surface area contributed by atoms with Crippen LogP contribution in [0, 0.1) is 0 Å². The number of nitrogen functional groups attached to an aromatic ring is 1. The van der Waals surface area contributed by atoms with Gasteiger partial charge in [0.1, 0.15) is 6.04 Å². The standard InChI is InChI=1S/C8H10N2O2.2ClH/c9-6-3-1-5(2-4-6)7(10)8(11)12;;/h1-4,7H,9-10H2,(H,11,12);2*1H. The van der Waals surface area contributed by atoms with Crippen LogP contribution in [0.1, 0.15) is 11.6 Å². The number of hydrogen-bond acceptors (Lipinski definition) is 3. The number of carboxylic acid groups (broad SMARTS) is 1. The molecule has 0 fully saturated rings. The van der Waals surface area contributed by atoms with E-state index in [0.717, 1.165) is 0 Å². The van der Waals surface area contributed by atoms with Crippen LogP contribution in [-0.2, 0) is 4.79 Å². The Morgan fingerprint density at radius 1 is 1.21 bits per heavy atom. The van der Waals surface area contributed by atoms with Gasteiger partial charge >= 0.3 is 5.97 Å². The normalized spacial score (nSPS) is 10.6. The van der Waals surface area contributed by atoms with Gasteiger partial charge in [0.2, 0.25) is 0 Å². The van der Waals surface area contributed by atoms with Crippen LogP contribution in [0.3, 0.4) is 0 Å². The Hall–Kier alpha value is -0.970. The average molecular weight is 239 g/mol. The smallest absolute Gasteiger partial charge is 0.325 e. The Balaban J connectivity index is 0. The average Bonchev–Trinajstić information content (AvgIpc) is 2.04. The highest BCUT2D eigenvalue weighted by molar-refractivity contribution is 5.85. The van der Waals surface area contributed by atoms with Crippen LogP contribution in [0.15, 0.2) is 24.3 Å². The summed E-state index contributed by atoms with van der Waals surface area (Å²) >= 11 is 0. The number of aliphatic carboxylic acids is 1. The molecule has 6 heteroatoms. The second-order valence-electron chi connectivity index (χ2n) is 2.48. The van der Waals surface area contributed by atoms with Crippen molar-refractivity contribution < 1.29 is 9.90 Å². The molecule has 1 aromatic carbocycles. The molecule has 4 nitrogen and oxygen atoms in total. The zero-order chi connectivity index (χ0) is 9.14. The number of nitrogens with two attached hydrogens (primary N) is 2. The summed E-state index contributed by atoms with van der Waals surface area (Å²) in [5.41, 5.74) is 11.9. The van der Waals surface area contributed by atoms with E-state index in [2.05, 4.69) is 0 Å². The van der Waals surface area contributed by atoms with Gasteiger partial charge in [-0.3, -0.25) is 4.79 Å². The second-order valence-corrected chi connectivity index (χ2v) is 2.48. The summed E-state index contributed by atoms with van der Waals surface area (Å²) in [6.45, 7) is 0. The predicted octanol–water partition coefficient (Wildman–Crippen LogP) is 1.20. The molecule has 0 aliphatic carbocycles. The summed E-state index contributed by atoms with van der Waals surface area (Å²) in [7, 11) is 0. The van der Waals surface area contributed by atoms with E-state index in [1.807, 2.05) is 0 Å². The Labute approximate surface area is 94.1 Å². The molecule has 0 radical (unpaired) electrons. The van der Waals surface area contributed by atoms with Crippen molar-refractivity contribution in [1.29, 1.82) is 0 Å². The summed E-state index contributed by atoms with van der Waals surface area (Å²) in [5.74, 6) is -1.04. The van der Waals surface area contributed by atoms with Gasteiger partial charge in [-0.05, 0) is 17.7 Å². The minimum absolute atomic E-state index is 0. The van der Waals surface area contributed by atoms with E-state index < -0.39 is 12.0 Å². The topological polar surface area (TPSA) is 89.3 Å². The highest BCUT2D eigenvalue weighted by atomic mass is 35.5. The maximum atomic E-state index is 10.4. The number of hydrogen-bond donors (Lipinski definition) is 3. The third kappa shape index (κ3) is 3.83. The number of benzene rings is 1. The number of carbonyl (C=O) groups is 1.